The number of carbonyl (C=O) groups is 1. The van der Waals surface area contributed by atoms with Crippen LogP contribution in [0.5, 0.6) is 0 Å². The Morgan fingerprint density at radius 2 is 2.00 bits per heavy atom. The Kier molecular flexibility index (Phi) is 4.27. The number of hydrogen-bond donors (Lipinski definition) is 0. The van der Waals surface area contributed by atoms with Crippen LogP contribution in [-0.2, 0) is 14.9 Å². The van der Waals surface area contributed by atoms with Gasteiger partial charge in [-0.05, 0) is 38.3 Å². The highest BCUT2D eigenvalue weighted by atomic mass is 16.6. The van der Waals surface area contributed by atoms with Gasteiger partial charge in [0.05, 0.1) is 17.9 Å². The smallest absolute Gasteiger partial charge is 0.309 e. The van der Waals surface area contributed by atoms with E-state index in [2.05, 4.69) is 0 Å². The molecule has 0 heterocycles. The molecule has 0 bridgehead atoms. The van der Waals surface area contributed by atoms with E-state index in [-0.39, 0.29) is 17.3 Å². The highest BCUT2D eigenvalue weighted by Crippen LogP contribution is 2.53. The molecule has 5 heteroatoms. The maximum Gasteiger partial charge on any atom is 0.309 e. The molecular formula is C17H23NO4. The van der Waals surface area contributed by atoms with Crippen molar-refractivity contribution < 1.29 is 14.5 Å². The molecule has 1 unspecified atom stereocenters. The minimum Gasteiger partial charge on any atom is -0.466 e. The summed E-state index contributed by atoms with van der Waals surface area (Å²) in [6, 6.07) is 7.71. The van der Waals surface area contributed by atoms with Crippen molar-refractivity contribution in [1.29, 1.82) is 0 Å². The summed E-state index contributed by atoms with van der Waals surface area (Å²) in [7, 11) is 0. The zero-order valence-electron chi connectivity index (χ0n) is 13.6. The van der Waals surface area contributed by atoms with Crippen molar-refractivity contribution in [2.45, 2.75) is 51.5 Å². The Bertz CT molecular complexity index is 600. The normalized spacial score (nSPS) is 31.0. The molecule has 0 aromatic heterocycles. The van der Waals surface area contributed by atoms with Crippen molar-refractivity contribution in [3.63, 3.8) is 0 Å². The van der Waals surface area contributed by atoms with E-state index in [0.717, 1.165) is 11.1 Å². The zero-order valence-corrected chi connectivity index (χ0v) is 13.6. The van der Waals surface area contributed by atoms with Crippen LogP contribution >= 0.6 is 0 Å². The molecule has 22 heavy (non-hydrogen) atoms. The summed E-state index contributed by atoms with van der Waals surface area (Å²) in [5.41, 5.74) is 0.0825. The van der Waals surface area contributed by atoms with E-state index in [0.29, 0.717) is 13.0 Å². The molecule has 1 aromatic carbocycles. The Morgan fingerprint density at radius 1 is 1.36 bits per heavy atom. The van der Waals surface area contributed by atoms with E-state index in [4.69, 9.17) is 4.74 Å². The van der Waals surface area contributed by atoms with Crippen LogP contribution in [0.3, 0.4) is 0 Å². The van der Waals surface area contributed by atoms with Gasteiger partial charge in [0.1, 0.15) is 0 Å². The molecule has 1 saturated carbocycles. The average Bonchev–Trinajstić information content (AvgIpc) is 2.74. The molecule has 0 aliphatic heterocycles. The van der Waals surface area contributed by atoms with E-state index in [1.54, 1.807) is 13.8 Å². The van der Waals surface area contributed by atoms with Gasteiger partial charge in [0, 0.05) is 18.3 Å². The molecule has 0 saturated heterocycles. The molecule has 0 radical (unpaired) electrons. The van der Waals surface area contributed by atoms with Crippen molar-refractivity contribution in [2.24, 2.45) is 5.92 Å². The van der Waals surface area contributed by atoms with Gasteiger partial charge in [0.2, 0.25) is 5.54 Å². The lowest BCUT2D eigenvalue weighted by atomic mass is 9.68. The van der Waals surface area contributed by atoms with Crippen LogP contribution in [0.1, 0.15) is 44.7 Å². The average molecular weight is 305 g/mol. The first-order valence-corrected chi connectivity index (χ1v) is 7.63. The number of rotatable bonds is 4. The van der Waals surface area contributed by atoms with Gasteiger partial charge in [-0.3, -0.25) is 14.9 Å². The highest BCUT2D eigenvalue weighted by molar-refractivity contribution is 5.73. The van der Waals surface area contributed by atoms with E-state index in [1.165, 1.54) is 0 Å². The lowest BCUT2D eigenvalue weighted by Crippen LogP contribution is -2.49. The number of nitro groups is 1. The number of ether oxygens (including phenoxy) is 1. The monoisotopic (exact) mass is 305 g/mol. The molecule has 3 atom stereocenters. The Balaban J connectivity index is 2.49. The number of aryl methyl sites for hydroxylation is 1. The van der Waals surface area contributed by atoms with E-state index >= 15 is 0 Å². The maximum atomic E-state index is 12.1. The number of carbonyl (C=O) groups excluding carboxylic acids is 1. The first-order valence-electron chi connectivity index (χ1n) is 7.63. The van der Waals surface area contributed by atoms with Crippen molar-refractivity contribution in [3.8, 4) is 0 Å². The third-order valence-electron chi connectivity index (χ3n) is 5.25. The van der Waals surface area contributed by atoms with Crippen LogP contribution in [-0.4, -0.2) is 23.0 Å². The molecule has 2 rings (SSSR count). The van der Waals surface area contributed by atoms with E-state index < -0.39 is 16.9 Å². The topological polar surface area (TPSA) is 69.4 Å². The van der Waals surface area contributed by atoms with Crippen LogP contribution in [0, 0.1) is 23.0 Å². The highest BCUT2D eigenvalue weighted by Gasteiger charge is 2.64. The molecule has 0 amide bonds. The summed E-state index contributed by atoms with van der Waals surface area (Å²) in [6.07, 6.45) is 0.651. The second kappa shape index (κ2) is 5.71. The van der Waals surface area contributed by atoms with Gasteiger partial charge >= 0.3 is 5.97 Å². The van der Waals surface area contributed by atoms with Gasteiger partial charge in [0.25, 0.3) is 0 Å². The summed E-state index contributed by atoms with van der Waals surface area (Å²) in [5.74, 6) is -0.757. The van der Waals surface area contributed by atoms with Crippen LogP contribution in [0.4, 0.5) is 0 Å². The number of nitrogens with zero attached hydrogens (tertiary/aromatic N) is 1. The third kappa shape index (κ3) is 2.38. The molecule has 120 valence electrons. The van der Waals surface area contributed by atoms with Gasteiger partial charge in [-0.25, -0.2) is 0 Å². The van der Waals surface area contributed by atoms with Gasteiger partial charge in [-0.1, -0.05) is 24.3 Å². The van der Waals surface area contributed by atoms with Crippen LogP contribution in [0.2, 0.25) is 0 Å². The van der Waals surface area contributed by atoms with E-state index in [1.807, 2.05) is 38.1 Å². The molecule has 0 spiro atoms. The van der Waals surface area contributed by atoms with E-state index in [9.17, 15) is 14.9 Å². The molecule has 1 fully saturated rings. The standard InChI is InChI=1S/C17H23NO4/c1-5-22-15(19)13-10-16(3,17(4,11-13)18(20)21)14-9-7-6-8-12(14)2/h6-9,13H,5,10-11H2,1-4H3/t13?,16-,17+/m0/s1. The molecule has 1 aliphatic rings. The fraction of sp³-hybridized carbons (Fsp3) is 0.588. The molecule has 1 aromatic rings. The van der Waals surface area contributed by atoms with Crippen LogP contribution in [0.25, 0.3) is 0 Å². The summed E-state index contributed by atoms with van der Waals surface area (Å²) >= 11 is 0. The summed E-state index contributed by atoms with van der Waals surface area (Å²) in [6.45, 7) is 7.56. The predicted octanol–water partition coefficient (Wildman–Crippen LogP) is 3.26. The van der Waals surface area contributed by atoms with Gasteiger partial charge < -0.3 is 4.74 Å². The number of esters is 1. The minimum atomic E-state index is -1.18. The predicted molar refractivity (Wildman–Crippen MR) is 83.3 cm³/mol. The van der Waals surface area contributed by atoms with Crippen molar-refractivity contribution in [1.82, 2.24) is 0 Å². The number of benzene rings is 1. The zero-order chi connectivity index (χ0) is 16.5. The molecule has 5 nitrogen and oxygen atoms in total. The summed E-state index contributed by atoms with van der Waals surface area (Å²) in [4.78, 5) is 23.7. The fourth-order valence-corrected chi connectivity index (χ4v) is 3.78. The van der Waals surface area contributed by atoms with Crippen LogP contribution in [0.15, 0.2) is 24.3 Å². The fourth-order valence-electron chi connectivity index (χ4n) is 3.78. The van der Waals surface area contributed by atoms with Crippen molar-refractivity contribution >= 4 is 5.97 Å². The largest absolute Gasteiger partial charge is 0.466 e. The lowest BCUT2D eigenvalue weighted by molar-refractivity contribution is -0.575. The quantitative estimate of drug-likeness (QED) is 0.486. The Hall–Kier alpha value is -1.91. The second-order valence-corrected chi connectivity index (χ2v) is 6.54. The molecule has 1 aliphatic carbocycles. The van der Waals surface area contributed by atoms with Crippen molar-refractivity contribution in [2.75, 3.05) is 6.61 Å². The maximum absolute atomic E-state index is 12.1. The minimum absolute atomic E-state index is 0.212. The Morgan fingerprint density at radius 3 is 2.55 bits per heavy atom. The first kappa shape index (κ1) is 16.5. The first-order chi connectivity index (χ1) is 10.3. The summed E-state index contributed by atoms with van der Waals surface area (Å²) in [5, 5.41) is 11.8. The van der Waals surface area contributed by atoms with Crippen LogP contribution < -0.4 is 0 Å². The van der Waals surface area contributed by atoms with Gasteiger partial charge in [-0.15, -0.1) is 0 Å². The second-order valence-electron chi connectivity index (χ2n) is 6.54. The van der Waals surface area contributed by atoms with Crippen molar-refractivity contribution in [3.05, 3.63) is 45.5 Å². The third-order valence-corrected chi connectivity index (χ3v) is 5.25. The molecule has 0 N–H and O–H groups in total. The SMILES string of the molecule is CCOC(=O)C1C[C@@](C)(c2ccccc2C)[C@](C)([N+](=O)[O-])C1. The van der Waals surface area contributed by atoms with Gasteiger partial charge in [-0.2, -0.15) is 0 Å². The number of hydrogen-bond acceptors (Lipinski definition) is 4. The van der Waals surface area contributed by atoms with Gasteiger partial charge in [0.15, 0.2) is 0 Å². The summed E-state index contributed by atoms with van der Waals surface area (Å²) < 4.78 is 5.10. The molecular weight excluding hydrogens is 282 g/mol. The lowest BCUT2D eigenvalue weighted by Gasteiger charge is -2.35. The Labute approximate surface area is 130 Å².